The Balaban J connectivity index is 1.25. The number of aromatic nitrogens is 1. The Morgan fingerprint density at radius 3 is 2.58 bits per heavy atom. The van der Waals surface area contributed by atoms with Gasteiger partial charge in [-0.05, 0) is 61.1 Å². The number of rotatable bonds is 4. The highest BCUT2D eigenvalue weighted by molar-refractivity contribution is 6.06. The van der Waals surface area contributed by atoms with Crippen LogP contribution in [-0.2, 0) is 27.8 Å². The molecule has 2 N–H and O–H groups in total. The lowest BCUT2D eigenvalue weighted by atomic mass is 9.79. The fourth-order valence-electron chi connectivity index (χ4n) is 6.47. The van der Waals surface area contributed by atoms with E-state index in [0.29, 0.717) is 18.7 Å². The summed E-state index contributed by atoms with van der Waals surface area (Å²) in [5.41, 5.74) is 2.89. The van der Waals surface area contributed by atoms with Gasteiger partial charge in [0.05, 0.1) is 5.41 Å². The third-order valence-corrected chi connectivity index (χ3v) is 8.47. The van der Waals surface area contributed by atoms with Crippen molar-refractivity contribution in [3.63, 3.8) is 0 Å². The molecule has 7 nitrogen and oxygen atoms in total. The summed E-state index contributed by atoms with van der Waals surface area (Å²) in [6.45, 7) is 0.227. The maximum absolute atomic E-state index is 13.4. The smallest absolute Gasteiger partial charge is 0.340 e. The van der Waals surface area contributed by atoms with Gasteiger partial charge in [-0.2, -0.15) is 13.2 Å². The number of halogens is 3. The van der Waals surface area contributed by atoms with Crippen LogP contribution in [0.3, 0.4) is 0 Å². The van der Waals surface area contributed by atoms with Gasteiger partial charge in [0.1, 0.15) is 18.4 Å². The molecule has 3 aromatic rings. The van der Waals surface area contributed by atoms with Crippen molar-refractivity contribution in [1.82, 2.24) is 15.2 Å². The maximum atomic E-state index is 13.4. The fourth-order valence-corrected chi connectivity index (χ4v) is 6.47. The molecule has 0 bridgehead atoms. The van der Waals surface area contributed by atoms with Gasteiger partial charge in [0.15, 0.2) is 0 Å². The van der Waals surface area contributed by atoms with Crippen LogP contribution >= 0.6 is 0 Å². The monoisotopic (exact) mass is 548 g/mol. The van der Waals surface area contributed by atoms with Crippen LogP contribution in [0, 0.1) is 0 Å². The standard InChI is InChI=1S/C30H27F3N4O3/c1-17-22(18-6-3-2-4-7-18)13-24(27(39)37(17)16-30(31,32)33)35-26(38)19-9-10-20-14-29(15-21(20)12-19)23-8-5-11-34-25(23)36-28(29)40/h2-12,17,22,24H,13-16H2,1H3,(H,35,38)(H,34,36,40)/t17-,22-,24+,29-/m1/s1. The molecule has 2 aromatic carbocycles. The summed E-state index contributed by atoms with van der Waals surface area (Å²) in [4.78, 5) is 44.7. The number of anilines is 1. The molecule has 1 saturated heterocycles. The Labute approximate surface area is 228 Å². The third-order valence-electron chi connectivity index (χ3n) is 8.47. The Kier molecular flexibility index (Phi) is 6.16. The minimum Gasteiger partial charge on any atom is -0.340 e. The predicted molar refractivity (Wildman–Crippen MR) is 141 cm³/mol. The summed E-state index contributed by atoms with van der Waals surface area (Å²) < 4.78 is 40.3. The molecule has 0 saturated carbocycles. The van der Waals surface area contributed by atoms with Gasteiger partial charge >= 0.3 is 6.18 Å². The van der Waals surface area contributed by atoms with Crippen molar-refractivity contribution < 1.29 is 27.6 Å². The highest BCUT2D eigenvalue weighted by atomic mass is 19.4. The largest absolute Gasteiger partial charge is 0.406 e. The molecule has 206 valence electrons. The number of amides is 3. The van der Waals surface area contributed by atoms with Crippen molar-refractivity contribution in [1.29, 1.82) is 0 Å². The first-order chi connectivity index (χ1) is 19.1. The third kappa shape index (κ3) is 4.41. The van der Waals surface area contributed by atoms with E-state index >= 15 is 0 Å². The Bertz CT molecular complexity index is 1510. The van der Waals surface area contributed by atoms with E-state index in [9.17, 15) is 27.6 Å². The van der Waals surface area contributed by atoms with E-state index in [-0.39, 0.29) is 23.8 Å². The van der Waals surface area contributed by atoms with Gasteiger partial charge in [0.25, 0.3) is 5.91 Å². The lowest BCUT2D eigenvalue weighted by Crippen LogP contribution is -2.59. The zero-order valence-electron chi connectivity index (χ0n) is 21.7. The molecule has 3 heterocycles. The van der Waals surface area contributed by atoms with Crippen LogP contribution in [0.1, 0.15) is 51.9 Å². The van der Waals surface area contributed by atoms with Crippen LogP contribution in [0.15, 0.2) is 66.9 Å². The number of hydrogen-bond donors (Lipinski definition) is 2. The maximum Gasteiger partial charge on any atom is 0.406 e. The number of piperidine rings is 1. The Hall–Kier alpha value is -4.21. The summed E-state index contributed by atoms with van der Waals surface area (Å²) in [7, 11) is 0. The van der Waals surface area contributed by atoms with Crippen LogP contribution < -0.4 is 10.6 Å². The molecular weight excluding hydrogens is 521 g/mol. The summed E-state index contributed by atoms with van der Waals surface area (Å²) in [6, 6.07) is 16.1. The van der Waals surface area contributed by atoms with Gasteiger partial charge in [-0.15, -0.1) is 0 Å². The molecule has 1 aliphatic carbocycles. The van der Waals surface area contributed by atoms with E-state index in [1.165, 1.54) is 0 Å². The fraction of sp³-hybridized carbons (Fsp3) is 0.333. The van der Waals surface area contributed by atoms with Crippen molar-refractivity contribution >= 4 is 23.5 Å². The van der Waals surface area contributed by atoms with Gasteiger partial charge in [-0.25, -0.2) is 4.98 Å². The molecule has 0 radical (unpaired) electrons. The number of benzene rings is 2. The lowest BCUT2D eigenvalue weighted by molar-refractivity contribution is -0.170. The molecule has 0 unspecified atom stereocenters. The van der Waals surface area contributed by atoms with Crippen LogP contribution in [0.25, 0.3) is 0 Å². The quantitative estimate of drug-likeness (QED) is 0.513. The second kappa shape index (κ2) is 9.46. The van der Waals surface area contributed by atoms with E-state index in [4.69, 9.17) is 0 Å². The molecular formula is C30H27F3N4O3. The molecule has 1 fully saturated rings. The van der Waals surface area contributed by atoms with E-state index in [1.807, 2.05) is 24.3 Å². The number of hydrogen-bond acceptors (Lipinski definition) is 4. The van der Waals surface area contributed by atoms with Gasteiger partial charge in [0, 0.05) is 29.3 Å². The van der Waals surface area contributed by atoms with Crippen molar-refractivity contribution in [3.8, 4) is 0 Å². The first kappa shape index (κ1) is 26.0. The van der Waals surface area contributed by atoms with Gasteiger partial charge in [-0.1, -0.05) is 42.5 Å². The van der Waals surface area contributed by atoms with Crippen molar-refractivity contribution in [3.05, 3.63) is 94.7 Å². The molecule has 10 heteroatoms. The molecule has 3 aliphatic rings. The minimum atomic E-state index is -4.58. The average Bonchev–Trinajstić information content (AvgIpc) is 3.44. The number of nitrogens with zero attached hydrogens (tertiary/aromatic N) is 2. The lowest BCUT2D eigenvalue weighted by Gasteiger charge is -2.43. The zero-order chi connectivity index (χ0) is 28.2. The number of carbonyl (C=O) groups is 3. The minimum absolute atomic E-state index is 0.137. The number of carbonyl (C=O) groups excluding carboxylic acids is 3. The summed E-state index contributed by atoms with van der Waals surface area (Å²) >= 11 is 0. The topological polar surface area (TPSA) is 91.4 Å². The number of fused-ring (bicyclic) bond motifs is 3. The Morgan fingerprint density at radius 2 is 1.82 bits per heavy atom. The van der Waals surface area contributed by atoms with Crippen LogP contribution in [0.2, 0.25) is 0 Å². The molecule has 2 aliphatic heterocycles. The second-order valence-electron chi connectivity index (χ2n) is 10.9. The molecule has 3 amide bonds. The number of likely N-dealkylation sites (tertiary alicyclic amines) is 1. The highest BCUT2D eigenvalue weighted by Crippen LogP contribution is 2.46. The summed E-state index contributed by atoms with van der Waals surface area (Å²) in [6.07, 6.45) is -1.91. The van der Waals surface area contributed by atoms with Crippen LogP contribution in [0.4, 0.5) is 19.0 Å². The second-order valence-corrected chi connectivity index (χ2v) is 10.9. The molecule has 4 atom stereocenters. The molecule has 40 heavy (non-hydrogen) atoms. The van der Waals surface area contributed by atoms with E-state index in [2.05, 4.69) is 15.6 Å². The predicted octanol–water partition coefficient (Wildman–Crippen LogP) is 4.14. The zero-order valence-corrected chi connectivity index (χ0v) is 21.7. The number of nitrogens with one attached hydrogen (secondary N) is 2. The van der Waals surface area contributed by atoms with E-state index < -0.39 is 42.0 Å². The van der Waals surface area contributed by atoms with Gasteiger partial charge in [0.2, 0.25) is 11.8 Å². The molecule has 1 spiro atoms. The Morgan fingerprint density at radius 1 is 1.07 bits per heavy atom. The van der Waals surface area contributed by atoms with E-state index in [0.717, 1.165) is 27.2 Å². The van der Waals surface area contributed by atoms with Gasteiger partial charge in [-0.3, -0.25) is 14.4 Å². The summed E-state index contributed by atoms with van der Waals surface area (Å²) in [5.74, 6) is -1.28. The van der Waals surface area contributed by atoms with E-state index in [1.54, 1.807) is 49.5 Å². The molecule has 6 rings (SSSR count). The number of alkyl halides is 3. The van der Waals surface area contributed by atoms with Gasteiger partial charge < -0.3 is 15.5 Å². The van der Waals surface area contributed by atoms with Crippen molar-refractivity contribution in [2.24, 2.45) is 0 Å². The first-order valence-electron chi connectivity index (χ1n) is 13.2. The normalized spacial score (nSPS) is 25.5. The first-order valence-corrected chi connectivity index (χ1v) is 13.2. The van der Waals surface area contributed by atoms with Crippen LogP contribution in [0.5, 0.6) is 0 Å². The SMILES string of the molecule is C[C@@H]1[C@H](c2ccccc2)C[C@H](NC(=O)c2ccc3c(c2)C[C@@]2(C3)C(=O)Nc3ncccc32)C(=O)N1CC(F)(F)F. The highest BCUT2D eigenvalue weighted by Gasteiger charge is 2.51. The van der Waals surface area contributed by atoms with Crippen molar-refractivity contribution in [2.45, 2.75) is 55.8 Å². The molecule has 1 aromatic heterocycles. The summed E-state index contributed by atoms with van der Waals surface area (Å²) in [5, 5.41) is 5.56. The van der Waals surface area contributed by atoms with Crippen molar-refractivity contribution in [2.75, 3.05) is 11.9 Å². The number of pyridine rings is 1. The van der Waals surface area contributed by atoms with Crippen LogP contribution in [-0.4, -0.2) is 52.4 Å². The average molecular weight is 549 g/mol.